The van der Waals surface area contributed by atoms with Crippen LogP contribution >= 0.6 is 0 Å². The lowest BCUT2D eigenvalue weighted by molar-refractivity contribution is 1.17. The molecule has 6 heterocycles. The first-order valence-electron chi connectivity index (χ1n) is 15.8. The Morgan fingerprint density at radius 2 is 1.13 bits per heavy atom. The van der Waals surface area contributed by atoms with E-state index in [-0.39, 0.29) is 0 Å². The number of benzene rings is 5. The number of rotatable bonds is 2. The van der Waals surface area contributed by atoms with E-state index < -0.39 is 0 Å². The van der Waals surface area contributed by atoms with Crippen molar-refractivity contribution in [3.05, 3.63) is 146 Å². The third-order valence-corrected chi connectivity index (χ3v) is 9.71. The van der Waals surface area contributed by atoms with Gasteiger partial charge in [0.05, 0.1) is 50.3 Å². The molecule has 0 saturated heterocycles. The fraction of sp³-hybridized carbons (Fsp3) is 0. The Morgan fingerprint density at radius 3 is 1.91 bits per heavy atom. The number of aromatic nitrogens is 6. The number of nitrogens with zero attached hydrogens (tertiary/aromatic N) is 6. The standard InChI is InChI=1S/C41H24N6/c1-3-10-25(11-4-1)45-32-15-8-7-14-27(32)38-33(45)17-18-34-39(38)30-22-29-28(23-36(30)46(34)26-12-5-2-6-13-26)40-35(16-9-20-43-40)47-37-24-42-21-19-31(37)44-41(29)47/h1-24H. The van der Waals surface area contributed by atoms with Crippen LogP contribution in [0.2, 0.25) is 0 Å². The van der Waals surface area contributed by atoms with Crippen LogP contribution in [0.5, 0.6) is 0 Å². The summed E-state index contributed by atoms with van der Waals surface area (Å²) in [7, 11) is 0. The Kier molecular flexibility index (Phi) is 4.75. The summed E-state index contributed by atoms with van der Waals surface area (Å²) in [5.41, 5.74) is 11.7. The van der Waals surface area contributed by atoms with Crippen molar-refractivity contribution in [2.75, 3.05) is 0 Å². The molecule has 0 unspecified atom stereocenters. The molecule has 0 fully saturated rings. The van der Waals surface area contributed by atoms with Gasteiger partial charge in [-0.25, -0.2) is 4.98 Å². The molecule has 0 atom stereocenters. The summed E-state index contributed by atoms with van der Waals surface area (Å²) in [5.74, 6) is 0. The van der Waals surface area contributed by atoms with Crippen LogP contribution in [0.3, 0.4) is 0 Å². The fourth-order valence-electron chi connectivity index (χ4n) is 7.84. The van der Waals surface area contributed by atoms with E-state index in [1.807, 2.05) is 30.7 Å². The van der Waals surface area contributed by atoms with Crippen molar-refractivity contribution in [3.63, 3.8) is 0 Å². The van der Waals surface area contributed by atoms with Crippen LogP contribution in [0.4, 0.5) is 0 Å². The second-order valence-electron chi connectivity index (χ2n) is 12.1. The molecule has 11 rings (SSSR count). The van der Waals surface area contributed by atoms with E-state index in [0.717, 1.165) is 60.9 Å². The lowest BCUT2D eigenvalue weighted by Gasteiger charge is -2.11. The first-order valence-corrected chi connectivity index (χ1v) is 15.8. The van der Waals surface area contributed by atoms with Crippen molar-refractivity contribution in [1.29, 1.82) is 0 Å². The monoisotopic (exact) mass is 600 g/mol. The van der Waals surface area contributed by atoms with Crippen molar-refractivity contribution >= 4 is 82.1 Å². The molecule has 0 N–H and O–H groups in total. The molecule has 0 amide bonds. The van der Waals surface area contributed by atoms with Gasteiger partial charge in [-0.1, -0.05) is 54.6 Å². The molecule has 6 aromatic heterocycles. The largest absolute Gasteiger partial charge is 0.309 e. The molecule has 47 heavy (non-hydrogen) atoms. The number of pyridine rings is 3. The van der Waals surface area contributed by atoms with Gasteiger partial charge in [-0.05, 0) is 72.8 Å². The zero-order valence-corrected chi connectivity index (χ0v) is 25.0. The van der Waals surface area contributed by atoms with E-state index in [1.54, 1.807) is 0 Å². The average molecular weight is 601 g/mol. The van der Waals surface area contributed by atoms with Gasteiger partial charge in [0, 0.05) is 56.1 Å². The Morgan fingerprint density at radius 1 is 0.447 bits per heavy atom. The van der Waals surface area contributed by atoms with Crippen LogP contribution in [0, 0.1) is 0 Å². The van der Waals surface area contributed by atoms with Crippen LogP contribution in [-0.2, 0) is 0 Å². The Labute approximate surface area is 267 Å². The van der Waals surface area contributed by atoms with Crippen molar-refractivity contribution in [2.24, 2.45) is 0 Å². The molecular weight excluding hydrogens is 576 g/mol. The van der Waals surface area contributed by atoms with Crippen molar-refractivity contribution in [1.82, 2.24) is 28.5 Å². The summed E-state index contributed by atoms with van der Waals surface area (Å²) < 4.78 is 7.01. The summed E-state index contributed by atoms with van der Waals surface area (Å²) in [6.07, 6.45) is 5.58. The van der Waals surface area contributed by atoms with Gasteiger partial charge in [0.25, 0.3) is 0 Å². The maximum Gasteiger partial charge on any atom is 0.146 e. The molecule has 0 saturated carbocycles. The molecule has 0 spiro atoms. The zero-order chi connectivity index (χ0) is 30.6. The number of imidazole rings is 1. The van der Waals surface area contributed by atoms with Gasteiger partial charge in [0.15, 0.2) is 0 Å². The van der Waals surface area contributed by atoms with Crippen molar-refractivity contribution in [2.45, 2.75) is 0 Å². The van der Waals surface area contributed by atoms with Gasteiger partial charge in [-0.2, -0.15) is 0 Å². The van der Waals surface area contributed by atoms with Crippen LogP contribution < -0.4 is 0 Å². The van der Waals surface area contributed by atoms with Crippen molar-refractivity contribution < 1.29 is 0 Å². The molecule has 0 aliphatic heterocycles. The molecule has 6 nitrogen and oxygen atoms in total. The molecule has 0 radical (unpaired) electrons. The van der Waals surface area contributed by atoms with Crippen LogP contribution in [0.1, 0.15) is 0 Å². The Hall–Kier alpha value is -6.53. The molecule has 0 aliphatic carbocycles. The van der Waals surface area contributed by atoms with Gasteiger partial charge in [0.1, 0.15) is 5.65 Å². The van der Waals surface area contributed by atoms with E-state index in [9.17, 15) is 0 Å². The minimum Gasteiger partial charge on any atom is -0.309 e. The fourth-order valence-corrected chi connectivity index (χ4v) is 7.84. The van der Waals surface area contributed by atoms with Crippen LogP contribution in [-0.4, -0.2) is 28.5 Å². The maximum atomic E-state index is 5.19. The van der Waals surface area contributed by atoms with Crippen LogP contribution in [0.15, 0.2) is 146 Å². The summed E-state index contributed by atoms with van der Waals surface area (Å²) in [5, 5.41) is 7.02. The quantitative estimate of drug-likeness (QED) is 0.186. The molecule has 11 aromatic rings. The highest BCUT2D eigenvalue weighted by Gasteiger charge is 2.23. The topological polar surface area (TPSA) is 52.9 Å². The van der Waals surface area contributed by atoms with Crippen LogP contribution in [0.25, 0.3) is 93.5 Å². The van der Waals surface area contributed by atoms with Gasteiger partial charge in [0.2, 0.25) is 0 Å². The lowest BCUT2D eigenvalue weighted by Crippen LogP contribution is -1.96. The maximum absolute atomic E-state index is 5.19. The SMILES string of the molecule is c1ccc(-n2c3ccccc3c3c4c5cc6c(cc5n(-c5ccccc5)c4ccc32)c2ncccc2n2c3cnccc3nc62)cc1. The van der Waals surface area contributed by atoms with Gasteiger partial charge >= 0.3 is 0 Å². The van der Waals surface area contributed by atoms with Gasteiger partial charge in [-0.3, -0.25) is 14.4 Å². The number of fused-ring (bicyclic) bond motifs is 15. The second-order valence-corrected chi connectivity index (χ2v) is 12.1. The van der Waals surface area contributed by atoms with Gasteiger partial charge < -0.3 is 9.13 Å². The Balaban J connectivity index is 1.42. The molecule has 218 valence electrons. The van der Waals surface area contributed by atoms with E-state index >= 15 is 0 Å². The summed E-state index contributed by atoms with van der Waals surface area (Å²) in [6.45, 7) is 0. The predicted molar refractivity (Wildman–Crippen MR) is 192 cm³/mol. The van der Waals surface area contributed by atoms with Gasteiger partial charge in [-0.15, -0.1) is 0 Å². The summed E-state index contributed by atoms with van der Waals surface area (Å²) in [6, 6.07) is 45.4. The predicted octanol–water partition coefficient (Wildman–Crippen LogP) is 9.78. The molecule has 5 aromatic carbocycles. The highest BCUT2D eigenvalue weighted by atomic mass is 15.0. The van der Waals surface area contributed by atoms with E-state index in [2.05, 4.69) is 134 Å². The molecule has 0 bridgehead atoms. The average Bonchev–Trinajstić information content (AvgIpc) is 3.79. The lowest BCUT2D eigenvalue weighted by atomic mass is 10.0. The van der Waals surface area contributed by atoms with E-state index in [0.29, 0.717) is 0 Å². The molecular formula is C41H24N6. The smallest absolute Gasteiger partial charge is 0.146 e. The minimum atomic E-state index is 0.907. The second kappa shape index (κ2) is 9.02. The number of hydrogen-bond acceptors (Lipinski definition) is 3. The minimum absolute atomic E-state index is 0.907. The first kappa shape index (κ1) is 24.8. The third-order valence-electron chi connectivity index (χ3n) is 9.71. The Bertz CT molecular complexity index is 3060. The van der Waals surface area contributed by atoms with Crippen molar-refractivity contribution in [3.8, 4) is 11.4 Å². The normalized spacial score (nSPS) is 12.3. The number of para-hydroxylation sites is 3. The summed E-state index contributed by atoms with van der Waals surface area (Å²) >= 11 is 0. The zero-order valence-electron chi connectivity index (χ0n) is 25.0. The summed E-state index contributed by atoms with van der Waals surface area (Å²) in [4.78, 5) is 14.6. The highest BCUT2D eigenvalue weighted by molar-refractivity contribution is 6.31. The third kappa shape index (κ3) is 3.21. The highest BCUT2D eigenvalue weighted by Crippen LogP contribution is 2.44. The first-order chi connectivity index (χ1) is 23.3. The molecule has 0 aliphatic rings. The molecule has 6 heteroatoms. The van der Waals surface area contributed by atoms with E-state index in [4.69, 9.17) is 9.97 Å². The number of hydrogen-bond donors (Lipinski definition) is 0. The van der Waals surface area contributed by atoms with E-state index in [1.165, 1.54) is 32.6 Å².